The molecule has 1 aliphatic rings. The molecule has 1 heterocycles. The molecule has 3 N–H and O–H groups in total. The summed E-state index contributed by atoms with van der Waals surface area (Å²) in [5, 5.41) is 30.1. The monoisotopic (exact) mass is 360 g/mol. The Bertz CT molecular complexity index is 749. The molecule has 1 aromatic carbocycles. The van der Waals surface area contributed by atoms with Gasteiger partial charge in [0.1, 0.15) is 23.5 Å². The highest BCUT2D eigenvalue weighted by Crippen LogP contribution is 2.27. The van der Waals surface area contributed by atoms with Gasteiger partial charge in [0.05, 0.1) is 6.10 Å². The van der Waals surface area contributed by atoms with Crippen molar-refractivity contribution >= 4 is 17.8 Å². The zero-order chi connectivity index (χ0) is 19.4. The lowest BCUT2D eigenvalue weighted by atomic mass is 9.99. The Hall–Kier alpha value is -2.44. The largest absolute Gasteiger partial charge is 0.507 e. The molecule has 0 fully saturated rings. The number of rotatable bonds is 0. The van der Waals surface area contributed by atoms with E-state index in [1.54, 1.807) is 32.9 Å². The van der Waals surface area contributed by atoms with Crippen molar-refractivity contribution in [3.8, 4) is 5.75 Å². The van der Waals surface area contributed by atoms with Crippen LogP contribution in [0.4, 0.5) is 0 Å². The number of phenols is 1. The molecule has 4 atom stereocenters. The van der Waals surface area contributed by atoms with Gasteiger partial charge in [-0.1, -0.05) is 31.2 Å². The molecular weight excluding hydrogens is 336 g/mol. The van der Waals surface area contributed by atoms with Crippen molar-refractivity contribution in [1.29, 1.82) is 0 Å². The van der Waals surface area contributed by atoms with Gasteiger partial charge < -0.3 is 20.1 Å². The van der Waals surface area contributed by atoms with E-state index in [-0.39, 0.29) is 23.7 Å². The van der Waals surface area contributed by atoms with Crippen LogP contribution in [0.2, 0.25) is 0 Å². The minimum atomic E-state index is -1.53. The molecule has 0 unspecified atom stereocenters. The third kappa shape index (κ3) is 4.59. The molecule has 0 spiro atoms. The van der Waals surface area contributed by atoms with Crippen LogP contribution < -0.4 is 0 Å². The quantitative estimate of drug-likeness (QED) is 0.613. The van der Waals surface area contributed by atoms with Crippen LogP contribution in [0.15, 0.2) is 30.4 Å². The second-order valence-electron chi connectivity index (χ2n) is 6.63. The minimum absolute atomic E-state index is 0.00982. The van der Waals surface area contributed by atoms with E-state index in [2.05, 4.69) is 0 Å². The van der Waals surface area contributed by atoms with Gasteiger partial charge in [-0.05, 0) is 43.5 Å². The van der Waals surface area contributed by atoms with E-state index < -0.39 is 30.1 Å². The Kier molecular flexibility index (Phi) is 6.34. The summed E-state index contributed by atoms with van der Waals surface area (Å²) in [6, 6.07) is 3.18. The lowest BCUT2D eigenvalue weighted by molar-refractivity contribution is -0.127. The molecule has 0 aliphatic carbocycles. The molecule has 1 aromatic rings. The molecule has 0 amide bonds. The summed E-state index contributed by atoms with van der Waals surface area (Å²) in [4.78, 5) is 24.5. The van der Waals surface area contributed by atoms with Crippen LogP contribution in [0.25, 0.3) is 6.08 Å². The number of cyclic esters (lactones) is 1. The molecule has 1 aliphatic heterocycles. The SMILES string of the molecule is Cc1cc(O)c2c(c1)/C=C/C[C@H](O)[C@H](O)C(=O)/C=C\[C@@H](C)[C@@H](C)OC2=O. The number of carbonyl (C=O) groups is 2. The van der Waals surface area contributed by atoms with Gasteiger partial charge >= 0.3 is 5.97 Å². The number of fused-ring (bicyclic) bond motifs is 1. The average molecular weight is 360 g/mol. The van der Waals surface area contributed by atoms with E-state index in [1.165, 1.54) is 24.3 Å². The van der Waals surface area contributed by atoms with Crippen molar-refractivity contribution in [1.82, 2.24) is 0 Å². The highest BCUT2D eigenvalue weighted by Gasteiger charge is 2.24. The maximum Gasteiger partial charge on any atom is 0.342 e. The maximum absolute atomic E-state index is 12.5. The number of ether oxygens (including phenoxy) is 1. The van der Waals surface area contributed by atoms with Gasteiger partial charge in [0.25, 0.3) is 0 Å². The Morgan fingerprint density at radius 3 is 2.50 bits per heavy atom. The molecule has 0 radical (unpaired) electrons. The molecule has 2 rings (SSSR count). The summed E-state index contributed by atoms with van der Waals surface area (Å²) >= 11 is 0. The highest BCUT2D eigenvalue weighted by molar-refractivity contribution is 5.97. The number of aryl methyl sites for hydroxylation is 1. The highest BCUT2D eigenvalue weighted by atomic mass is 16.5. The number of aromatic hydroxyl groups is 1. The predicted molar refractivity (Wildman–Crippen MR) is 96.7 cm³/mol. The van der Waals surface area contributed by atoms with Gasteiger partial charge in [0, 0.05) is 5.92 Å². The number of esters is 1. The normalized spacial score (nSPS) is 30.0. The lowest BCUT2D eigenvalue weighted by Gasteiger charge is -2.20. The third-order valence-electron chi connectivity index (χ3n) is 4.42. The summed E-state index contributed by atoms with van der Waals surface area (Å²) in [6.07, 6.45) is 2.44. The third-order valence-corrected chi connectivity index (χ3v) is 4.42. The maximum atomic E-state index is 12.5. The molecule has 26 heavy (non-hydrogen) atoms. The fourth-order valence-electron chi connectivity index (χ4n) is 2.64. The summed E-state index contributed by atoms with van der Waals surface area (Å²) in [6.45, 7) is 5.21. The van der Waals surface area contributed by atoms with E-state index in [0.717, 1.165) is 5.56 Å². The molecule has 6 heteroatoms. The number of hydrogen-bond donors (Lipinski definition) is 3. The van der Waals surface area contributed by atoms with Gasteiger partial charge in [-0.15, -0.1) is 0 Å². The molecule has 0 saturated heterocycles. The van der Waals surface area contributed by atoms with E-state index in [0.29, 0.717) is 5.56 Å². The predicted octanol–water partition coefficient (Wildman–Crippen LogP) is 2.15. The smallest absolute Gasteiger partial charge is 0.342 e. The van der Waals surface area contributed by atoms with Crippen molar-refractivity contribution < 1.29 is 29.6 Å². The first-order chi connectivity index (χ1) is 12.2. The first kappa shape index (κ1) is 19.9. The first-order valence-corrected chi connectivity index (χ1v) is 8.50. The van der Waals surface area contributed by atoms with E-state index in [9.17, 15) is 24.9 Å². The summed E-state index contributed by atoms with van der Waals surface area (Å²) in [5.74, 6) is -1.77. The second kappa shape index (κ2) is 8.29. The summed E-state index contributed by atoms with van der Waals surface area (Å²) < 4.78 is 5.43. The molecule has 0 bridgehead atoms. The minimum Gasteiger partial charge on any atom is -0.507 e. The zero-order valence-electron chi connectivity index (χ0n) is 15.0. The molecule has 0 saturated carbocycles. The van der Waals surface area contributed by atoms with Gasteiger partial charge in [-0.3, -0.25) is 4.79 Å². The molecule has 6 nitrogen and oxygen atoms in total. The van der Waals surface area contributed by atoms with Crippen LogP contribution in [0, 0.1) is 12.8 Å². The van der Waals surface area contributed by atoms with Crippen LogP contribution in [-0.4, -0.2) is 45.4 Å². The van der Waals surface area contributed by atoms with Crippen molar-refractivity contribution in [2.24, 2.45) is 5.92 Å². The van der Waals surface area contributed by atoms with E-state index >= 15 is 0 Å². The topological polar surface area (TPSA) is 104 Å². The fraction of sp³-hybridized carbons (Fsp3) is 0.400. The number of phenolic OH excluding ortho intramolecular Hbond substituents is 1. The van der Waals surface area contributed by atoms with Gasteiger partial charge in [0.15, 0.2) is 5.78 Å². The van der Waals surface area contributed by atoms with Crippen LogP contribution in [0.5, 0.6) is 5.75 Å². The first-order valence-electron chi connectivity index (χ1n) is 8.50. The summed E-state index contributed by atoms with van der Waals surface area (Å²) in [5.41, 5.74) is 1.23. The Labute approximate surface area is 152 Å². The number of aliphatic hydroxyl groups is 2. The second-order valence-corrected chi connectivity index (χ2v) is 6.63. The molecule has 0 aromatic heterocycles. The van der Waals surface area contributed by atoms with Crippen LogP contribution in [0.3, 0.4) is 0 Å². The molecular formula is C20H24O6. The van der Waals surface area contributed by atoms with Crippen LogP contribution in [0.1, 0.15) is 41.8 Å². The summed E-state index contributed by atoms with van der Waals surface area (Å²) in [7, 11) is 0. The zero-order valence-corrected chi connectivity index (χ0v) is 15.0. The standard InChI is InChI=1S/C20H24O6/c1-11-9-14-5-4-6-15(21)19(24)16(22)8-7-12(2)13(3)26-20(25)18(14)17(23)10-11/h4-5,7-10,12-13,15,19,21,23-24H,6H2,1-3H3/b5-4+,8-7-/t12-,13-,15+,19+/m1/s1. The van der Waals surface area contributed by atoms with Crippen molar-refractivity contribution in [2.75, 3.05) is 0 Å². The van der Waals surface area contributed by atoms with E-state index in [1.807, 2.05) is 0 Å². The van der Waals surface area contributed by atoms with Crippen molar-refractivity contribution in [3.63, 3.8) is 0 Å². The number of benzene rings is 1. The Balaban J connectivity index is 2.48. The molecule has 140 valence electrons. The van der Waals surface area contributed by atoms with Crippen LogP contribution >= 0.6 is 0 Å². The van der Waals surface area contributed by atoms with E-state index in [4.69, 9.17) is 4.74 Å². The number of aliphatic hydroxyl groups excluding tert-OH is 2. The average Bonchev–Trinajstić information content (AvgIpc) is 2.56. The Morgan fingerprint density at radius 1 is 1.12 bits per heavy atom. The number of ketones is 1. The number of carbonyl (C=O) groups excluding carboxylic acids is 2. The fourth-order valence-corrected chi connectivity index (χ4v) is 2.64. The van der Waals surface area contributed by atoms with Crippen LogP contribution in [-0.2, 0) is 9.53 Å². The van der Waals surface area contributed by atoms with Gasteiger partial charge in [-0.25, -0.2) is 4.79 Å². The van der Waals surface area contributed by atoms with Gasteiger partial charge in [0.2, 0.25) is 0 Å². The van der Waals surface area contributed by atoms with Crippen molar-refractivity contribution in [3.05, 3.63) is 47.1 Å². The number of hydrogen-bond acceptors (Lipinski definition) is 6. The Morgan fingerprint density at radius 2 is 1.81 bits per heavy atom. The van der Waals surface area contributed by atoms with Gasteiger partial charge in [-0.2, -0.15) is 0 Å². The lowest BCUT2D eigenvalue weighted by Crippen LogP contribution is -2.32. The van der Waals surface area contributed by atoms with Crippen molar-refractivity contribution in [2.45, 2.75) is 45.5 Å².